The summed E-state index contributed by atoms with van der Waals surface area (Å²) < 4.78 is 5.64. The zero-order valence-electron chi connectivity index (χ0n) is 15.0. The molecule has 0 aliphatic carbocycles. The Balaban J connectivity index is 1.52. The highest BCUT2D eigenvalue weighted by Crippen LogP contribution is 2.21. The first kappa shape index (κ1) is 19.5. The minimum Gasteiger partial charge on any atom is -0.483 e. The second kappa shape index (κ2) is 9.58. The van der Waals surface area contributed by atoms with E-state index in [2.05, 4.69) is 10.9 Å². The lowest BCUT2D eigenvalue weighted by atomic mass is 10.0. The van der Waals surface area contributed by atoms with Crippen molar-refractivity contribution >= 4 is 23.4 Å². The van der Waals surface area contributed by atoms with Gasteiger partial charge in [-0.3, -0.25) is 20.4 Å². The molecule has 3 rings (SSSR count). The van der Waals surface area contributed by atoms with Crippen LogP contribution in [0.4, 0.5) is 0 Å². The molecule has 0 saturated heterocycles. The van der Waals surface area contributed by atoms with Crippen molar-refractivity contribution in [1.82, 2.24) is 10.9 Å². The number of hydrazine groups is 1. The van der Waals surface area contributed by atoms with Crippen LogP contribution in [-0.2, 0) is 11.2 Å². The zero-order valence-corrected chi connectivity index (χ0v) is 15.8. The molecule has 2 N–H and O–H groups in total. The molecule has 0 aliphatic heterocycles. The molecule has 0 atom stereocenters. The molecule has 3 aromatic carbocycles. The van der Waals surface area contributed by atoms with Gasteiger partial charge in [0.05, 0.1) is 0 Å². The SMILES string of the molecule is O=C(COc1ccccc1Cc1ccccc1)NNC(=O)c1ccc(Cl)cc1. The summed E-state index contributed by atoms with van der Waals surface area (Å²) in [6, 6.07) is 23.9. The topological polar surface area (TPSA) is 67.4 Å². The summed E-state index contributed by atoms with van der Waals surface area (Å²) in [6.07, 6.45) is 0.700. The van der Waals surface area contributed by atoms with Crippen molar-refractivity contribution in [3.63, 3.8) is 0 Å². The smallest absolute Gasteiger partial charge is 0.276 e. The number of benzene rings is 3. The maximum atomic E-state index is 12.0. The first-order valence-corrected chi connectivity index (χ1v) is 9.09. The fourth-order valence-corrected chi connectivity index (χ4v) is 2.71. The number of rotatable bonds is 6. The molecule has 3 aromatic rings. The molecule has 0 aliphatic rings. The summed E-state index contributed by atoms with van der Waals surface area (Å²) in [5.41, 5.74) is 7.20. The molecule has 28 heavy (non-hydrogen) atoms. The lowest BCUT2D eigenvalue weighted by Crippen LogP contribution is -2.43. The van der Waals surface area contributed by atoms with Gasteiger partial charge in [-0.25, -0.2) is 0 Å². The first-order chi connectivity index (χ1) is 13.6. The standard InChI is InChI=1S/C22H19ClN2O3/c23-19-12-10-17(11-13-19)22(27)25-24-21(26)15-28-20-9-5-4-8-18(20)14-16-6-2-1-3-7-16/h1-13H,14-15H2,(H,24,26)(H,25,27). The van der Waals surface area contributed by atoms with Crippen molar-refractivity contribution in [2.45, 2.75) is 6.42 Å². The fraction of sp³-hybridized carbons (Fsp3) is 0.0909. The average molecular weight is 395 g/mol. The third-order valence-electron chi connectivity index (χ3n) is 3.99. The van der Waals surface area contributed by atoms with Crippen LogP contribution in [0, 0.1) is 0 Å². The van der Waals surface area contributed by atoms with Crippen LogP contribution >= 0.6 is 11.6 Å². The molecule has 0 saturated carbocycles. The second-order valence-electron chi connectivity index (χ2n) is 6.07. The number of carbonyl (C=O) groups excluding carboxylic acids is 2. The zero-order chi connectivity index (χ0) is 19.8. The highest BCUT2D eigenvalue weighted by Gasteiger charge is 2.10. The molecule has 6 heteroatoms. The lowest BCUT2D eigenvalue weighted by molar-refractivity contribution is -0.123. The number of hydrogen-bond donors (Lipinski definition) is 2. The van der Waals surface area contributed by atoms with E-state index in [0.29, 0.717) is 22.8 Å². The Morgan fingerprint density at radius 1 is 0.821 bits per heavy atom. The van der Waals surface area contributed by atoms with E-state index >= 15 is 0 Å². The largest absolute Gasteiger partial charge is 0.483 e. The average Bonchev–Trinajstić information content (AvgIpc) is 2.72. The Morgan fingerprint density at radius 3 is 2.25 bits per heavy atom. The van der Waals surface area contributed by atoms with Gasteiger partial charge in [0.1, 0.15) is 5.75 Å². The van der Waals surface area contributed by atoms with E-state index in [1.807, 2.05) is 54.6 Å². The number of amides is 2. The molecule has 0 aromatic heterocycles. The van der Waals surface area contributed by atoms with Gasteiger partial charge in [0.15, 0.2) is 6.61 Å². The van der Waals surface area contributed by atoms with Gasteiger partial charge in [-0.1, -0.05) is 60.1 Å². The van der Waals surface area contributed by atoms with Gasteiger partial charge in [-0.15, -0.1) is 0 Å². The third kappa shape index (κ3) is 5.59. The van der Waals surface area contributed by atoms with E-state index in [9.17, 15) is 9.59 Å². The minimum atomic E-state index is -0.461. The number of para-hydroxylation sites is 1. The van der Waals surface area contributed by atoms with Crippen LogP contribution in [0.3, 0.4) is 0 Å². The Kier molecular flexibility index (Phi) is 6.65. The molecule has 2 amide bonds. The number of nitrogens with one attached hydrogen (secondary N) is 2. The maximum absolute atomic E-state index is 12.0. The van der Waals surface area contributed by atoms with Gasteiger partial charge in [0.2, 0.25) is 0 Å². The van der Waals surface area contributed by atoms with Crippen LogP contribution in [0.1, 0.15) is 21.5 Å². The van der Waals surface area contributed by atoms with Crippen molar-refractivity contribution in [2.24, 2.45) is 0 Å². The Bertz CT molecular complexity index is 944. The predicted octanol–water partition coefficient (Wildman–Crippen LogP) is 3.77. The van der Waals surface area contributed by atoms with Gasteiger partial charge < -0.3 is 4.74 Å². The molecule has 0 unspecified atom stereocenters. The van der Waals surface area contributed by atoms with Gasteiger partial charge in [0.25, 0.3) is 11.8 Å². The van der Waals surface area contributed by atoms with Crippen LogP contribution in [0.2, 0.25) is 5.02 Å². The quantitative estimate of drug-likeness (QED) is 0.625. The van der Waals surface area contributed by atoms with Crippen LogP contribution < -0.4 is 15.6 Å². The summed E-state index contributed by atoms with van der Waals surface area (Å²) in [6.45, 7) is -0.216. The summed E-state index contributed by atoms with van der Waals surface area (Å²) in [4.78, 5) is 24.0. The van der Waals surface area contributed by atoms with E-state index in [1.165, 1.54) is 0 Å². The molecular formula is C22H19ClN2O3. The Labute approximate surface area is 168 Å². The van der Waals surface area contributed by atoms with Crippen LogP contribution in [0.25, 0.3) is 0 Å². The number of hydrogen-bond acceptors (Lipinski definition) is 3. The van der Waals surface area contributed by atoms with E-state index < -0.39 is 11.8 Å². The van der Waals surface area contributed by atoms with Gasteiger partial charge in [-0.05, 0) is 41.5 Å². The van der Waals surface area contributed by atoms with Crippen molar-refractivity contribution in [2.75, 3.05) is 6.61 Å². The third-order valence-corrected chi connectivity index (χ3v) is 4.24. The molecule has 0 spiro atoms. The Morgan fingerprint density at radius 2 is 1.50 bits per heavy atom. The van der Waals surface area contributed by atoms with E-state index in [0.717, 1.165) is 11.1 Å². The van der Waals surface area contributed by atoms with Crippen LogP contribution in [0.5, 0.6) is 5.75 Å². The van der Waals surface area contributed by atoms with E-state index in [4.69, 9.17) is 16.3 Å². The molecule has 5 nitrogen and oxygen atoms in total. The monoisotopic (exact) mass is 394 g/mol. The van der Waals surface area contributed by atoms with Crippen molar-refractivity contribution in [3.8, 4) is 5.75 Å². The maximum Gasteiger partial charge on any atom is 0.276 e. The van der Waals surface area contributed by atoms with Crippen LogP contribution in [0.15, 0.2) is 78.9 Å². The van der Waals surface area contributed by atoms with Gasteiger partial charge in [-0.2, -0.15) is 0 Å². The second-order valence-corrected chi connectivity index (χ2v) is 6.50. The van der Waals surface area contributed by atoms with E-state index in [-0.39, 0.29) is 6.61 Å². The Hall–Kier alpha value is -3.31. The molecule has 0 radical (unpaired) electrons. The first-order valence-electron chi connectivity index (χ1n) is 8.71. The molecule has 0 fully saturated rings. The molecule has 0 bridgehead atoms. The van der Waals surface area contributed by atoms with Crippen molar-refractivity contribution < 1.29 is 14.3 Å². The predicted molar refractivity (Wildman–Crippen MR) is 108 cm³/mol. The normalized spacial score (nSPS) is 10.2. The van der Waals surface area contributed by atoms with Crippen LogP contribution in [-0.4, -0.2) is 18.4 Å². The highest BCUT2D eigenvalue weighted by atomic mass is 35.5. The summed E-state index contributed by atoms with van der Waals surface area (Å²) in [7, 11) is 0. The molecule has 0 heterocycles. The molecule has 142 valence electrons. The highest BCUT2D eigenvalue weighted by molar-refractivity contribution is 6.30. The summed E-state index contributed by atoms with van der Waals surface area (Å²) in [5, 5.41) is 0.531. The minimum absolute atomic E-state index is 0.216. The summed E-state index contributed by atoms with van der Waals surface area (Å²) in [5.74, 6) is -0.267. The number of halogens is 1. The van der Waals surface area contributed by atoms with Crippen molar-refractivity contribution in [1.29, 1.82) is 0 Å². The molecular weight excluding hydrogens is 376 g/mol. The summed E-state index contributed by atoms with van der Waals surface area (Å²) >= 11 is 5.79. The van der Waals surface area contributed by atoms with Gasteiger partial charge >= 0.3 is 0 Å². The van der Waals surface area contributed by atoms with Gasteiger partial charge in [0, 0.05) is 17.0 Å². The van der Waals surface area contributed by atoms with E-state index in [1.54, 1.807) is 24.3 Å². The lowest BCUT2D eigenvalue weighted by Gasteiger charge is -2.12. The van der Waals surface area contributed by atoms with Crippen molar-refractivity contribution in [3.05, 3.63) is 101 Å². The number of ether oxygens (including phenoxy) is 1. The number of carbonyl (C=O) groups is 2. The fourth-order valence-electron chi connectivity index (χ4n) is 2.59.